The fraction of sp³-hybridized carbons (Fsp3) is 0.286. The van der Waals surface area contributed by atoms with Gasteiger partial charge in [-0.15, -0.1) is 0 Å². The van der Waals surface area contributed by atoms with Crippen LogP contribution in [-0.2, 0) is 4.79 Å². The van der Waals surface area contributed by atoms with Gasteiger partial charge >= 0.3 is 0 Å². The summed E-state index contributed by atoms with van der Waals surface area (Å²) in [5.41, 5.74) is 2.55. The van der Waals surface area contributed by atoms with Crippen molar-refractivity contribution in [3.63, 3.8) is 0 Å². The maximum Gasteiger partial charge on any atom is 0.229 e. The van der Waals surface area contributed by atoms with E-state index in [4.69, 9.17) is 0 Å². The summed E-state index contributed by atoms with van der Waals surface area (Å²) in [6.07, 6.45) is 0. The van der Waals surface area contributed by atoms with Gasteiger partial charge < -0.3 is 10.6 Å². The van der Waals surface area contributed by atoms with Crippen molar-refractivity contribution in [3.8, 4) is 0 Å². The van der Waals surface area contributed by atoms with Gasteiger partial charge in [0.15, 0.2) is 11.6 Å². The summed E-state index contributed by atoms with van der Waals surface area (Å²) in [6, 6.07) is 12.0. The Hall–Kier alpha value is -2.69. The number of nitrogens with one attached hydrogen (secondary N) is 2. The van der Waals surface area contributed by atoms with Gasteiger partial charge in [-0.25, -0.2) is 8.78 Å². The molecule has 1 heterocycles. The number of anilines is 1. The van der Waals surface area contributed by atoms with Gasteiger partial charge in [0.05, 0.1) is 11.6 Å². The Labute approximate surface area is 152 Å². The van der Waals surface area contributed by atoms with E-state index in [2.05, 4.69) is 43.2 Å². The minimum atomic E-state index is -0.981. The topological polar surface area (TPSA) is 41.1 Å². The Kier molecular flexibility index (Phi) is 5.07. The lowest BCUT2D eigenvalue weighted by atomic mass is 9.85. The van der Waals surface area contributed by atoms with E-state index < -0.39 is 17.6 Å². The highest BCUT2D eigenvalue weighted by Crippen LogP contribution is 2.35. The van der Waals surface area contributed by atoms with E-state index in [1.807, 2.05) is 12.1 Å². The zero-order valence-corrected chi connectivity index (χ0v) is 14.9. The minimum Gasteiger partial charge on any atom is -0.356 e. The molecule has 3 nitrogen and oxygen atoms in total. The van der Waals surface area contributed by atoms with Gasteiger partial charge in [0, 0.05) is 18.2 Å². The van der Waals surface area contributed by atoms with Gasteiger partial charge in [-0.1, -0.05) is 50.8 Å². The first-order valence-electron chi connectivity index (χ1n) is 8.66. The van der Waals surface area contributed by atoms with Crippen LogP contribution in [0.15, 0.2) is 54.7 Å². The molecule has 0 saturated carbocycles. The highest BCUT2D eigenvalue weighted by Gasteiger charge is 2.38. The minimum absolute atomic E-state index is 0.0237. The van der Waals surface area contributed by atoms with Crippen molar-refractivity contribution in [1.82, 2.24) is 5.32 Å². The van der Waals surface area contributed by atoms with Crippen LogP contribution in [0.5, 0.6) is 0 Å². The van der Waals surface area contributed by atoms with Crippen LogP contribution in [-0.4, -0.2) is 12.5 Å². The summed E-state index contributed by atoms with van der Waals surface area (Å²) in [4.78, 5) is 12.4. The molecule has 5 heteroatoms. The van der Waals surface area contributed by atoms with E-state index >= 15 is 0 Å². The SMILES string of the molecule is C=C(Nc1cccc(F)c1F)C1C(=O)NCC1c1cccc(C(C)C)c1. The second-order valence-electron chi connectivity index (χ2n) is 6.91. The molecule has 2 atom stereocenters. The van der Waals surface area contributed by atoms with Crippen LogP contribution in [0.25, 0.3) is 0 Å². The van der Waals surface area contributed by atoms with Gasteiger partial charge in [-0.05, 0) is 29.2 Å². The molecule has 2 aromatic rings. The molecule has 1 saturated heterocycles. The van der Waals surface area contributed by atoms with Gasteiger partial charge in [0.25, 0.3) is 0 Å². The van der Waals surface area contributed by atoms with Crippen LogP contribution in [0.1, 0.15) is 36.8 Å². The number of carbonyl (C=O) groups excluding carboxylic acids is 1. The van der Waals surface area contributed by atoms with Crippen molar-refractivity contribution in [3.05, 3.63) is 77.5 Å². The molecule has 1 fully saturated rings. The van der Waals surface area contributed by atoms with Crippen molar-refractivity contribution in [2.75, 3.05) is 11.9 Å². The van der Waals surface area contributed by atoms with E-state index in [0.29, 0.717) is 18.2 Å². The van der Waals surface area contributed by atoms with Crippen molar-refractivity contribution in [1.29, 1.82) is 0 Å². The van der Waals surface area contributed by atoms with Crippen molar-refractivity contribution in [2.24, 2.45) is 5.92 Å². The standard InChI is InChI=1S/C21H22F2N2O/c1-12(2)14-6-4-7-15(10-14)16-11-24-21(26)19(16)13(3)25-18-9-5-8-17(22)20(18)23/h4-10,12,16,19,25H,3,11H2,1-2H3,(H,24,26). The highest BCUT2D eigenvalue weighted by atomic mass is 19.2. The van der Waals surface area contributed by atoms with E-state index in [-0.39, 0.29) is 17.5 Å². The summed E-state index contributed by atoms with van der Waals surface area (Å²) in [5, 5.41) is 5.64. The smallest absolute Gasteiger partial charge is 0.229 e. The molecule has 1 aliphatic rings. The van der Waals surface area contributed by atoms with Crippen molar-refractivity contribution < 1.29 is 13.6 Å². The van der Waals surface area contributed by atoms with E-state index in [1.54, 1.807) is 0 Å². The molecule has 26 heavy (non-hydrogen) atoms. The number of benzene rings is 2. The molecule has 0 aliphatic carbocycles. The molecule has 3 rings (SSSR count). The van der Waals surface area contributed by atoms with Crippen molar-refractivity contribution in [2.45, 2.75) is 25.7 Å². The summed E-state index contributed by atoms with van der Waals surface area (Å²) in [6.45, 7) is 8.63. The van der Waals surface area contributed by atoms with Crippen LogP contribution < -0.4 is 10.6 Å². The average Bonchev–Trinajstić information content (AvgIpc) is 3.00. The fourth-order valence-electron chi connectivity index (χ4n) is 3.33. The average molecular weight is 356 g/mol. The molecule has 0 bridgehead atoms. The summed E-state index contributed by atoms with van der Waals surface area (Å²) in [7, 11) is 0. The molecule has 0 aromatic heterocycles. The Balaban J connectivity index is 1.87. The first kappa shape index (κ1) is 18.1. The number of amides is 1. The van der Waals surface area contributed by atoms with Crippen LogP contribution in [0.4, 0.5) is 14.5 Å². The number of carbonyl (C=O) groups is 1. The quantitative estimate of drug-likeness (QED) is 0.826. The van der Waals surface area contributed by atoms with Gasteiger partial charge in [-0.3, -0.25) is 4.79 Å². The molecule has 1 aliphatic heterocycles. The molecule has 1 amide bonds. The predicted octanol–water partition coefficient (Wildman–Crippen LogP) is 4.54. The third-order valence-electron chi connectivity index (χ3n) is 4.81. The summed E-state index contributed by atoms with van der Waals surface area (Å²) >= 11 is 0. The monoisotopic (exact) mass is 356 g/mol. The zero-order valence-electron chi connectivity index (χ0n) is 14.9. The molecule has 2 aromatic carbocycles. The normalized spacial score (nSPS) is 19.5. The molecule has 0 spiro atoms. The van der Waals surface area contributed by atoms with E-state index in [1.165, 1.54) is 17.7 Å². The molecule has 0 radical (unpaired) electrons. The maximum absolute atomic E-state index is 13.9. The number of rotatable bonds is 5. The Bertz CT molecular complexity index is 848. The summed E-state index contributed by atoms with van der Waals surface area (Å²) in [5.74, 6) is -2.39. The number of halogens is 2. The highest BCUT2D eigenvalue weighted by molar-refractivity contribution is 5.86. The number of hydrogen-bond acceptors (Lipinski definition) is 2. The first-order chi connectivity index (χ1) is 12.4. The molecule has 136 valence electrons. The third kappa shape index (κ3) is 3.47. The third-order valence-corrected chi connectivity index (χ3v) is 4.81. The summed E-state index contributed by atoms with van der Waals surface area (Å²) < 4.78 is 27.4. The molecule has 2 unspecified atom stereocenters. The molecule has 2 N–H and O–H groups in total. The molecular formula is C21H22F2N2O. The number of hydrogen-bond donors (Lipinski definition) is 2. The van der Waals surface area contributed by atoms with Crippen molar-refractivity contribution >= 4 is 11.6 Å². The lowest BCUT2D eigenvalue weighted by molar-refractivity contribution is -0.121. The second-order valence-corrected chi connectivity index (χ2v) is 6.91. The Morgan fingerprint density at radius 2 is 1.96 bits per heavy atom. The van der Waals surface area contributed by atoms with E-state index in [9.17, 15) is 13.6 Å². The Morgan fingerprint density at radius 3 is 2.69 bits per heavy atom. The Morgan fingerprint density at radius 1 is 1.23 bits per heavy atom. The second kappa shape index (κ2) is 7.28. The maximum atomic E-state index is 13.9. The van der Waals surface area contributed by atoms with E-state index in [0.717, 1.165) is 11.6 Å². The fourth-order valence-corrected chi connectivity index (χ4v) is 3.33. The van der Waals surface area contributed by atoms with Crippen LogP contribution >= 0.6 is 0 Å². The lowest BCUT2D eigenvalue weighted by Crippen LogP contribution is -2.24. The van der Waals surface area contributed by atoms with Gasteiger partial charge in [0.1, 0.15) is 0 Å². The van der Waals surface area contributed by atoms with Gasteiger partial charge in [0.2, 0.25) is 5.91 Å². The van der Waals surface area contributed by atoms with Gasteiger partial charge in [-0.2, -0.15) is 0 Å². The van der Waals surface area contributed by atoms with Crippen LogP contribution in [0.3, 0.4) is 0 Å². The zero-order chi connectivity index (χ0) is 18.8. The molecular weight excluding hydrogens is 334 g/mol. The van der Waals surface area contributed by atoms with Crippen LogP contribution in [0.2, 0.25) is 0 Å². The van der Waals surface area contributed by atoms with Crippen LogP contribution in [0, 0.1) is 17.6 Å². The predicted molar refractivity (Wildman–Crippen MR) is 98.9 cm³/mol. The largest absolute Gasteiger partial charge is 0.356 e. The lowest BCUT2D eigenvalue weighted by Gasteiger charge is -2.22. The first-order valence-corrected chi connectivity index (χ1v) is 8.66.